The predicted octanol–water partition coefficient (Wildman–Crippen LogP) is 4.78. The fraction of sp³-hybridized carbons (Fsp3) is 0.480. The number of carbonyl (C=O) groups is 1. The summed E-state index contributed by atoms with van der Waals surface area (Å²) in [7, 11) is -4.00. The summed E-state index contributed by atoms with van der Waals surface area (Å²) >= 11 is 1.30. The highest BCUT2D eigenvalue weighted by atomic mass is 32.2. The minimum atomic E-state index is -4.00. The molecule has 35 heavy (non-hydrogen) atoms. The van der Waals surface area contributed by atoms with Crippen molar-refractivity contribution in [3.05, 3.63) is 57.6 Å². The van der Waals surface area contributed by atoms with E-state index >= 15 is 0 Å². The molecule has 0 unspecified atom stereocenters. The molecule has 1 aliphatic heterocycles. The summed E-state index contributed by atoms with van der Waals surface area (Å²) in [5.41, 5.74) is 1.78. The molecule has 188 valence electrons. The summed E-state index contributed by atoms with van der Waals surface area (Å²) < 4.78 is 28.7. The topological polar surface area (TPSA) is 101 Å². The van der Waals surface area contributed by atoms with Gasteiger partial charge in [-0.05, 0) is 49.9 Å². The Kier molecular flexibility index (Phi) is 7.83. The van der Waals surface area contributed by atoms with Gasteiger partial charge in [-0.3, -0.25) is 14.9 Å². The first-order chi connectivity index (χ1) is 16.7. The van der Waals surface area contributed by atoms with Crippen LogP contribution in [0.2, 0.25) is 0 Å². The third-order valence-electron chi connectivity index (χ3n) is 6.82. The molecular formula is C25H31N3O5S2. The number of rotatable bonds is 6. The molecule has 2 aromatic rings. The average Bonchev–Trinajstić information content (AvgIpc) is 2.86. The minimum Gasteiger partial charge on any atom is -0.340 e. The first-order valence-corrected chi connectivity index (χ1v) is 14.2. The van der Waals surface area contributed by atoms with Gasteiger partial charge in [-0.2, -0.15) is 4.31 Å². The minimum absolute atomic E-state index is 0.0456. The van der Waals surface area contributed by atoms with Crippen LogP contribution >= 0.6 is 11.8 Å². The lowest BCUT2D eigenvalue weighted by Crippen LogP contribution is -2.52. The van der Waals surface area contributed by atoms with Crippen LogP contribution in [0.1, 0.15) is 43.2 Å². The van der Waals surface area contributed by atoms with Crippen molar-refractivity contribution in [2.24, 2.45) is 5.92 Å². The number of carbonyl (C=O) groups excluding carboxylic acids is 1. The number of nitro groups is 1. The van der Waals surface area contributed by atoms with E-state index in [-0.39, 0.29) is 35.5 Å². The molecule has 0 bridgehead atoms. The Labute approximate surface area is 210 Å². The number of nitro benzene ring substituents is 1. The number of nitrogens with zero attached hydrogens (tertiary/aromatic N) is 3. The summed E-state index contributed by atoms with van der Waals surface area (Å²) in [6.45, 7) is 4.94. The molecule has 10 heteroatoms. The number of aryl methyl sites for hydroxylation is 2. The highest BCUT2D eigenvalue weighted by Crippen LogP contribution is 2.38. The summed E-state index contributed by atoms with van der Waals surface area (Å²) in [5, 5.41) is 11.4. The van der Waals surface area contributed by atoms with Crippen LogP contribution in [-0.2, 0) is 14.8 Å². The predicted molar refractivity (Wildman–Crippen MR) is 135 cm³/mol. The second-order valence-corrected chi connectivity index (χ2v) is 12.3. The number of sulfonamides is 1. The molecule has 1 aliphatic carbocycles. The van der Waals surface area contributed by atoms with Gasteiger partial charge >= 0.3 is 0 Å². The second kappa shape index (κ2) is 10.7. The lowest BCUT2D eigenvalue weighted by molar-refractivity contribution is -0.385. The van der Waals surface area contributed by atoms with Crippen LogP contribution in [-0.4, -0.2) is 54.6 Å². The molecule has 1 saturated heterocycles. The highest BCUT2D eigenvalue weighted by molar-refractivity contribution is 8.00. The Balaban J connectivity index is 1.57. The Hall–Kier alpha value is -2.43. The molecule has 2 fully saturated rings. The summed E-state index contributed by atoms with van der Waals surface area (Å²) in [6, 6.07) is 9.95. The van der Waals surface area contributed by atoms with Crippen molar-refractivity contribution in [3.63, 3.8) is 0 Å². The molecule has 2 aromatic carbocycles. The number of hydrogen-bond donors (Lipinski definition) is 0. The fourth-order valence-electron chi connectivity index (χ4n) is 4.73. The van der Waals surface area contributed by atoms with Crippen molar-refractivity contribution in [2.45, 2.75) is 60.6 Å². The molecule has 1 saturated carbocycles. The first-order valence-electron chi connectivity index (χ1n) is 12.0. The van der Waals surface area contributed by atoms with E-state index in [1.807, 2.05) is 32.0 Å². The number of benzene rings is 2. The van der Waals surface area contributed by atoms with Gasteiger partial charge < -0.3 is 4.90 Å². The van der Waals surface area contributed by atoms with Gasteiger partial charge in [0.2, 0.25) is 15.9 Å². The number of amides is 1. The van der Waals surface area contributed by atoms with Crippen LogP contribution in [0, 0.1) is 29.9 Å². The maximum Gasteiger partial charge on any atom is 0.270 e. The van der Waals surface area contributed by atoms with Crippen LogP contribution < -0.4 is 0 Å². The monoisotopic (exact) mass is 517 g/mol. The smallest absolute Gasteiger partial charge is 0.270 e. The van der Waals surface area contributed by atoms with E-state index in [2.05, 4.69) is 0 Å². The quantitative estimate of drug-likeness (QED) is 0.404. The van der Waals surface area contributed by atoms with Crippen LogP contribution in [0.15, 0.2) is 51.1 Å². The van der Waals surface area contributed by atoms with E-state index in [1.165, 1.54) is 34.6 Å². The molecule has 1 amide bonds. The normalized spacial score (nSPS) is 17.9. The second-order valence-electron chi connectivity index (χ2n) is 9.32. The van der Waals surface area contributed by atoms with E-state index in [0.717, 1.165) is 47.8 Å². The van der Waals surface area contributed by atoms with Gasteiger partial charge in [-0.1, -0.05) is 43.2 Å². The Bertz CT molecular complexity index is 1220. The van der Waals surface area contributed by atoms with Gasteiger partial charge in [0.15, 0.2) is 0 Å². The fourth-order valence-corrected chi connectivity index (χ4v) is 7.69. The zero-order valence-electron chi connectivity index (χ0n) is 20.1. The summed E-state index contributed by atoms with van der Waals surface area (Å²) in [5.74, 6) is 0.174. The van der Waals surface area contributed by atoms with E-state index < -0.39 is 14.9 Å². The molecule has 0 atom stereocenters. The molecule has 0 N–H and O–H groups in total. The van der Waals surface area contributed by atoms with Gasteiger partial charge in [-0.25, -0.2) is 8.42 Å². The van der Waals surface area contributed by atoms with Gasteiger partial charge in [0.05, 0.1) is 4.92 Å². The Morgan fingerprint density at radius 2 is 1.66 bits per heavy atom. The van der Waals surface area contributed by atoms with Gasteiger partial charge in [0, 0.05) is 54.0 Å². The van der Waals surface area contributed by atoms with Crippen LogP contribution in [0.3, 0.4) is 0 Å². The van der Waals surface area contributed by atoms with Crippen LogP contribution in [0.25, 0.3) is 0 Å². The third kappa shape index (κ3) is 5.70. The van der Waals surface area contributed by atoms with Crippen molar-refractivity contribution in [2.75, 3.05) is 26.2 Å². The molecule has 2 aliphatic rings. The molecular weight excluding hydrogens is 486 g/mol. The molecule has 8 nitrogen and oxygen atoms in total. The maximum absolute atomic E-state index is 13.7. The summed E-state index contributed by atoms with van der Waals surface area (Å²) in [6.07, 6.45) is 5.12. The third-order valence-corrected chi connectivity index (χ3v) is 10.1. The number of non-ortho nitro benzene ring substituents is 1. The van der Waals surface area contributed by atoms with Crippen molar-refractivity contribution in [3.8, 4) is 0 Å². The van der Waals surface area contributed by atoms with Gasteiger partial charge in [0.1, 0.15) is 4.90 Å². The maximum atomic E-state index is 13.7. The van der Waals surface area contributed by atoms with Crippen LogP contribution in [0.5, 0.6) is 0 Å². The molecule has 0 aromatic heterocycles. The van der Waals surface area contributed by atoms with Crippen molar-refractivity contribution in [1.29, 1.82) is 0 Å². The van der Waals surface area contributed by atoms with E-state index in [9.17, 15) is 23.3 Å². The van der Waals surface area contributed by atoms with Gasteiger partial charge in [0.25, 0.3) is 5.69 Å². The van der Waals surface area contributed by atoms with E-state index in [4.69, 9.17) is 0 Å². The summed E-state index contributed by atoms with van der Waals surface area (Å²) in [4.78, 5) is 26.8. The Morgan fingerprint density at radius 3 is 2.31 bits per heavy atom. The first kappa shape index (κ1) is 25.7. The number of hydrogen-bond acceptors (Lipinski definition) is 6. The van der Waals surface area contributed by atoms with Crippen molar-refractivity contribution in [1.82, 2.24) is 9.21 Å². The standard InChI is InChI=1S/C25H31N3O5S2/c1-18-8-9-19(2)23(16-18)34-22-11-10-21(28(30)31)17-24(22)35(32,33)27-14-12-26(13-15-27)25(29)20-6-4-3-5-7-20/h8-11,16-17,20H,3-7,12-15H2,1-2H3. The highest BCUT2D eigenvalue weighted by Gasteiger charge is 2.35. The van der Waals surface area contributed by atoms with Crippen molar-refractivity contribution >= 4 is 33.4 Å². The average molecular weight is 518 g/mol. The largest absolute Gasteiger partial charge is 0.340 e. The lowest BCUT2D eigenvalue weighted by atomic mass is 9.88. The van der Waals surface area contributed by atoms with E-state index in [1.54, 1.807) is 4.90 Å². The number of piperazine rings is 1. The van der Waals surface area contributed by atoms with Gasteiger partial charge in [-0.15, -0.1) is 0 Å². The zero-order chi connectivity index (χ0) is 25.2. The molecule has 0 radical (unpaired) electrons. The molecule has 4 rings (SSSR count). The Morgan fingerprint density at radius 1 is 0.971 bits per heavy atom. The molecule has 1 heterocycles. The van der Waals surface area contributed by atoms with E-state index in [0.29, 0.717) is 18.0 Å². The van der Waals surface area contributed by atoms with Crippen LogP contribution in [0.4, 0.5) is 5.69 Å². The molecule has 0 spiro atoms. The SMILES string of the molecule is Cc1ccc(C)c(Sc2ccc([N+](=O)[O-])cc2S(=O)(=O)N2CCN(C(=O)C3CCCCC3)CC2)c1. The zero-order valence-corrected chi connectivity index (χ0v) is 21.7. The van der Waals surface area contributed by atoms with Crippen molar-refractivity contribution < 1.29 is 18.1 Å². The lowest BCUT2D eigenvalue weighted by Gasteiger charge is -2.36.